The van der Waals surface area contributed by atoms with E-state index in [1.54, 1.807) is 29.9 Å². The molecular formula is C22H22F2N6O. The highest BCUT2D eigenvalue weighted by Crippen LogP contribution is 2.35. The molecule has 1 aliphatic heterocycles. The van der Waals surface area contributed by atoms with Gasteiger partial charge in [0.25, 0.3) is 0 Å². The highest BCUT2D eigenvalue weighted by atomic mass is 19.1. The molecule has 0 amide bonds. The van der Waals surface area contributed by atoms with Gasteiger partial charge in [-0.3, -0.25) is 4.90 Å². The summed E-state index contributed by atoms with van der Waals surface area (Å²) in [5.74, 6) is -0.206. The van der Waals surface area contributed by atoms with Crippen molar-refractivity contribution in [2.45, 2.75) is 45.0 Å². The molecule has 0 aliphatic carbocycles. The van der Waals surface area contributed by atoms with Crippen molar-refractivity contribution >= 4 is 0 Å². The first-order chi connectivity index (χ1) is 14.9. The van der Waals surface area contributed by atoms with Crippen molar-refractivity contribution in [1.82, 2.24) is 24.6 Å². The van der Waals surface area contributed by atoms with Crippen LogP contribution in [0, 0.1) is 23.0 Å². The van der Waals surface area contributed by atoms with Crippen molar-refractivity contribution < 1.29 is 13.9 Å². The second kappa shape index (κ2) is 8.13. The lowest BCUT2D eigenvalue weighted by Crippen LogP contribution is -2.51. The van der Waals surface area contributed by atoms with Crippen LogP contribution in [0.1, 0.15) is 37.4 Å². The van der Waals surface area contributed by atoms with E-state index in [4.69, 9.17) is 5.26 Å². The van der Waals surface area contributed by atoms with Crippen LogP contribution in [0.15, 0.2) is 36.5 Å². The summed E-state index contributed by atoms with van der Waals surface area (Å²) in [7, 11) is 0. The van der Waals surface area contributed by atoms with Gasteiger partial charge in [0.2, 0.25) is 0 Å². The molecule has 0 radical (unpaired) electrons. The standard InChI is InChI=1S/C22H22F2N6O/c1-3-22(31,18-7-5-16(23)10-19(18)24)14(2)29-8-9-30-20(13-29)27-21(28-30)15-4-6-17(11-25)26-12-15/h4-7,10,12,14,31H,3,8-9,13H2,1-2H3. The maximum absolute atomic E-state index is 14.5. The lowest BCUT2D eigenvalue weighted by molar-refractivity contribution is -0.0602. The number of nitriles is 1. The zero-order valence-electron chi connectivity index (χ0n) is 17.3. The Bertz CT molecular complexity index is 1140. The zero-order valence-corrected chi connectivity index (χ0v) is 17.3. The van der Waals surface area contributed by atoms with E-state index in [1.165, 1.54) is 6.07 Å². The molecule has 0 saturated heterocycles. The van der Waals surface area contributed by atoms with Gasteiger partial charge in [-0.2, -0.15) is 10.4 Å². The lowest BCUT2D eigenvalue weighted by Gasteiger charge is -2.42. The van der Waals surface area contributed by atoms with Crippen LogP contribution in [0.2, 0.25) is 0 Å². The Kier molecular flexibility index (Phi) is 5.52. The SMILES string of the molecule is CCC(O)(c1ccc(F)cc1F)C(C)N1CCn2nc(-c3ccc(C#N)nc3)nc2C1. The number of nitrogens with zero attached hydrogens (tertiary/aromatic N) is 6. The van der Waals surface area contributed by atoms with Gasteiger partial charge >= 0.3 is 0 Å². The Morgan fingerprint density at radius 2 is 2.06 bits per heavy atom. The fraction of sp³-hybridized carbons (Fsp3) is 0.364. The van der Waals surface area contributed by atoms with E-state index in [9.17, 15) is 13.9 Å². The molecule has 1 aromatic carbocycles. The third-order valence-corrected chi connectivity index (χ3v) is 6.00. The fourth-order valence-corrected chi connectivity index (χ4v) is 4.05. The number of hydrogen-bond donors (Lipinski definition) is 1. The number of fused-ring (bicyclic) bond motifs is 1. The summed E-state index contributed by atoms with van der Waals surface area (Å²) in [6, 6.07) is 8.17. The first-order valence-corrected chi connectivity index (χ1v) is 10.1. The van der Waals surface area contributed by atoms with E-state index < -0.39 is 23.3 Å². The third-order valence-electron chi connectivity index (χ3n) is 6.00. The molecule has 0 bridgehead atoms. The minimum atomic E-state index is -1.49. The zero-order chi connectivity index (χ0) is 22.2. The predicted octanol–water partition coefficient (Wildman–Crippen LogP) is 2.99. The highest BCUT2D eigenvalue weighted by molar-refractivity contribution is 5.53. The molecule has 7 nitrogen and oxygen atoms in total. The van der Waals surface area contributed by atoms with Gasteiger partial charge in [-0.1, -0.05) is 13.0 Å². The van der Waals surface area contributed by atoms with Crippen molar-refractivity contribution in [2.75, 3.05) is 6.54 Å². The van der Waals surface area contributed by atoms with Crippen LogP contribution in [0.25, 0.3) is 11.4 Å². The van der Waals surface area contributed by atoms with E-state index in [0.717, 1.165) is 18.0 Å². The fourth-order valence-electron chi connectivity index (χ4n) is 4.05. The van der Waals surface area contributed by atoms with Gasteiger partial charge in [0, 0.05) is 36.0 Å². The summed E-state index contributed by atoms with van der Waals surface area (Å²) in [4.78, 5) is 10.7. The number of hydrogen-bond acceptors (Lipinski definition) is 6. The Labute approximate surface area is 178 Å². The Morgan fingerprint density at radius 3 is 2.71 bits per heavy atom. The minimum absolute atomic E-state index is 0.0836. The molecule has 3 heterocycles. The van der Waals surface area contributed by atoms with E-state index >= 15 is 0 Å². The average Bonchev–Trinajstić information content (AvgIpc) is 3.21. The molecule has 31 heavy (non-hydrogen) atoms. The molecule has 9 heteroatoms. The van der Waals surface area contributed by atoms with Crippen LogP contribution in [-0.4, -0.2) is 42.3 Å². The number of rotatable bonds is 5. The quantitative estimate of drug-likeness (QED) is 0.677. The van der Waals surface area contributed by atoms with E-state index in [-0.39, 0.29) is 12.0 Å². The second-order valence-corrected chi connectivity index (χ2v) is 7.67. The van der Waals surface area contributed by atoms with Gasteiger partial charge in [0.15, 0.2) is 5.82 Å². The second-order valence-electron chi connectivity index (χ2n) is 7.67. The van der Waals surface area contributed by atoms with Gasteiger partial charge in [0.1, 0.15) is 34.8 Å². The number of aliphatic hydroxyl groups is 1. The van der Waals surface area contributed by atoms with Gasteiger partial charge in [-0.15, -0.1) is 0 Å². The molecule has 2 atom stereocenters. The highest BCUT2D eigenvalue weighted by Gasteiger charge is 2.40. The van der Waals surface area contributed by atoms with Crippen molar-refractivity contribution in [3.63, 3.8) is 0 Å². The number of pyridine rings is 1. The van der Waals surface area contributed by atoms with Crippen LogP contribution in [0.3, 0.4) is 0 Å². The van der Waals surface area contributed by atoms with Crippen LogP contribution in [0.5, 0.6) is 0 Å². The largest absolute Gasteiger partial charge is 0.383 e. The maximum atomic E-state index is 14.5. The predicted molar refractivity (Wildman–Crippen MR) is 108 cm³/mol. The topological polar surface area (TPSA) is 90.9 Å². The first kappa shape index (κ1) is 21.0. The average molecular weight is 424 g/mol. The number of halogens is 2. The van der Waals surface area contributed by atoms with Gasteiger partial charge in [-0.05, 0) is 31.5 Å². The first-order valence-electron chi connectivity index (χ1n) is 10.1. The maximum Gasteiger partial charge on any atom is 0.182 e. The van der Waals surface area contributed by atoms with Crippen LogP contribution in [0.4, 0.5) is 8.78 Å². The molecule has 2 aromatic heterocycles. The molecule has 1 N–H and O–H groups in total. The molecule has 3 aromatic rings. The molecule has 0 spiro atoms. The Morgan fingerprint density at radius 1 is 1.26 bits per heavy atom. The summed E-state index contributed by atoms with van der Waals surface area (Å²) in [5.41, 5.74) is -0.376. The van der Waals surface area contributed by atoms with E-state index in [0.29, 0.717) is 36.7 Å². The molecule has 0 saturated carbocycles. The third kappa shape index (κ3) is 3.80. The van der Waals surface area contributed by atoms with Crippen LogP contribution >= 0.6 is 0 Å². The summed E-state index contributed by atoms with van der Waals surface area (Å²) < 4.78 is 29.7. The monoisotopic (exact) mass is 424 g/mol. The van der Waals surface area contributed by atoms with E-state index in [1.807, 2.05) is 17.9 Å². The lowest BCUT2D eigenvalue weighted by atomic mass is 9.83. The normalized spacial score (nSPS) is 16.9. The van der Waals surface area contributed by atoms with Crippen molar-refractivity contribution in [3.8, 4) is 17.5 Å². The van der Waals surface area contributed by atoms with Gasteiger partial charge < -0.3 is 5.11 Å². The Hall–Kier alpha value is -3.22. The summed E-state index contributed by atoms with van der Waals surface area (Å²) in [6.07, 6.45) is 1.83. The molecule has 4 rings (SSSR count). The smallest absolute Gasteiger partial charge is 0.182 e. The van der Waals surface area contributed by atoms with Gasteiger partial charge in [0.05, 0.1) is 13.1 Å². The molecule has 2 unspecified atom stereocenters. The number of aromatic nitrogens is 4. The molecular weight excluding hydrogens is 402 g/mol. The van der Waals surface area contributed by atoms with Crippen LogP contribution < -0.4 is 0 Å². The van der Waals surface area contributed by atoms with Crippen molar-refractivity contribution in [1.29, 1.82) is 5.26 Å². The Balaban J connectivity index is 1.58. The molecule has 0 fully saturated rings. The summed E-state index contributed by atoms with van der Waals surface area (Å²) in [6.45, 7) is 5.18. The molecule has 1 aliphatic rings. The summed E-state index contributed by atoms with van der Waals surface area (Å²) in [5, 5.41) is 24.8. The van der Waals surface area contributed by atoms with Crippen LogP contribution in [-0.2, 0) is 18.7 Å². The minimum Gasteiger partial charge on any atom is -0.383 e. The number of benzene rings is 1. The summed E-state index contributed by atoms with van der Waals surface area (Å²) >= 11 is 0. The van der Waals surface area contributed by atoms with Gasteiger partial charge in [-0.25, -0.2) is 23.4 Å². The molecule has 160 valence electrons. The van der Waals surface area contributed by atoms with E-state index in [2.05, 4.69) is 15.1 Å². The van der Waals surface area contributed by atoms with Crippen molar-refractivity contribution in [2.24, 2.45) is 0 Å². The van der Waals surface area contributed by atoms with Crippen molar-refractivity contribution in [3.05, 3.63) is 65.2 Å².